The first-order valence-electron chi connectivity index (χ1n) is 9.09. The van der Waals surface area contributed by atoms with Crippen molar-refractivity contribution in [1.82, 2.24) is 0 Å². The summed E-state index contributed by atoms with van der Waals surface area (Å²) in [5.74, 6) is 0.749. The number of methoxy groups -OCH3 is 1. The maximum absolute atomic E-state index is 11.7. The highest BCUT2D eigenvalue weighted by Gasteiger charge is 2.28. The lowest BCUT2D eigenvalue weighted by Gasteiger charge is -2.27. The highest BCUT2D eigenvalue weighted by Crippen LogP contribution is 2.24. The Morgan fingerprint density at radius 3 is 2.21 bits per heavy atom. The van der Waals surface area contributed by atoms with E-state index in [1.807, 2.05) is 0 Å². The van der Waals surface area contributed by atoms with E-state index in [0.717, 1.165) is 38.0 Å². The Kier molecular flexibility index (Phi) is 10.3. The topological polar surface area (TPSA) is 71.1 Å². The zero-order valence-corrected chi connectivity index (χ0v) is 15.3. The summed E-state index contributed by atoms with van der Waals surface area (Å²) >= 11 is 0. The molecule has 1 rings (SSSR count). The van der Waals surface area contributed by atoms with Gasteiger partial charge in [0.2, 0.25) is 0 Å². The Bertz CT molecular complexity index is 369. The third kappa shape index (κ3) is 9.63. The largest absolute Gasteiger partial charge is 0.508 e. The Morgan fingerprint density at radius 2 is 1.58 bits per heavy atom. The van der Waals surface area contributed by atoms with Crippen molar-refractivity contribution < 1.29 is 28.5 Å². The van der Waals surface area contributed by atoms with Crippen molar-refractivity contribution in [3.63, 3.8) is 0 Å². The molecule has 1 saturated carbocycles. The van der Waals surface area contributed by atoms with Crippen LogP contribution in [0.25, 0.3) is 0 Å². The lowest BCUT2D eigenvalue weighted by atomic mass is 9.95. The molecule has 0 heterocycles. The van der Waals surface area contributed by atoms with Gasteiger partial charge in [-0.25, -0.2) is 9.59 Å². The maximum atomic E-state index is 11.7. The molecule has 6 heteroatoms. The minimum Gasteiger partial charge on any atom is -0.438 e. The number of ether oxygens (including phenoxy) is 4. The van der Waals surface area contributed by atoms with Gasteiger partial charge >= 0.3 is 12.3 Å². The SMILES string of the molecule is COC(=O)OC1CCCC(OC(=O)OCCCCCCC(C)C)C1. The quantitative estimate of drug-likeness (QED) is 0.440. The van der Waals surface area contributed by atoms with E-state index in [1.54, 1.807) is 0 Å². The molecule has 0 saturated heterocycles. The van der Waals surface area contributed by atoms with Crippen LogP contribution < -0.4 is 0 Å². The zero-order chi connectivity index (χ0) is 17.8. The molecule has 0 bridgehead atoms. The van der Waals surface area contributed by atoms with Gasteiger partial charge in [-0.05, 0) is 31.6 Å². The monoisotopic (exact) mass is 344 g/mol. The third-order valence-electron chi connectivity index (χ3n) is 4.17. The molecule has 1 aliphatic rings. The number of carbonyl (C=O) groups excluding carboxylic acids is 2. The molecule has 0 spiro atoms. The molecular formula is C18H32O6. The first-order chi connectivity index (χ1) is 11.5. The van der Waals surface area contributed by atoms with Gasteiger partial charge in [-0.2, -0.15) is 0 Å². The molecule has 0 aromatic rings. The summed E-state index contributed by atoms with van der Waals surface area (Å²) < 4.78 is 20.0. The summed E-state index contributed by atoms with van der Waals surface area (Å²) in [5.41, 5.74) is 0. The van der Waals surface area contributed by atoms with Gasteiger partial charge < -0.3 is 18.9 Å². The highest BCUT2D eigenvalue weighted by molar-refractivity contribution is 5.60. The van der Waals surface area contributed by atoms with Gasteiger partial charge in [0.15, 0.2) is 0 Å². The fraction of sp³-hybridized carbons (Fsp3) is 0.889. The van der Waals surface area contributed by atoms with Gasteiger partial charge in [-0.15, -0.1) is 0 Å². The third-order valence-corrected chi connectivity index (χ3v) is 4.17. The van der Waals surface area contributed by atoms with Crippen molar-refractivity contribution in [1.29, 1.82) is 0 Å². The Hall–Kier alpha value is -1.46. The van der Waals surface area contributed by atoms with Crippen LogP contribution in [0.2, 0.25) is 0 Å². The van der Waals surface area contributed by atoms with E-state index in [4.69, 9.17) is 14.2 Å². The molecule has 0 radical (unpaired) electrons. The average Bonchev–Trinajstić information content (AvgIpc) is 2.53. The first-order valence-corrected chi connectivity index (χ1v) is 9.09. The molecule has 0 aromatic carbocycles. The summed E-state index contributed by atoms with van der Waals surface area (Å²) in [7, 11) is 1.28. The van der Waals surface area contributed by atoms with E-state index in [-0.39, 0.29) is 12.2 Å². The lowest BCUT2D eigenvalue weighted by molar-refractivity contribution is -0.0312. The van der Waals surface area contributed by atoms with Crippen LogP contribution in [-0.4, -0.2) is 38.2 Å². The summed E-state index contributed by atoms with van der Waals surface area (Å²) in [6.07, 6.45) is 6.63. The fourth-order valence-electron chi connectivity index (χ4n) is 2.83. The molecule has 2 unspecified atom stereocenters. The van der Waals surface area contributed by atoms with Gasteiger partial charge in [0, 0.05) is 6.42 Å². The molecule has 6 nitrogen and oxygen atoms in total. The zero-order valence-electron chi connectivity index (χ0n) is 15.3. The summed E-state index contributed by atoms with van der Waals surface area (Å²) in [6.45, 7) is 4.85. The van der Waals surface area contributed by atoms with Crippen LogP contribution in [0.1, 0.15) is 71.6 Å². The van der Waals surface area contributed by atoms with E-state index in [9.17, 15) is 9.59 Å². The second-order valence-corrected chi connectivity index (χ2v) is 6.80. The van der Waals surface area contributed by atoms with Crippen LogP contribution in [0.4, 0.5) is 9.59 Å². The number of hydrogen-bond acceptors (Lipinski definition) is 6. The minimum absolute atomic E-state index is 0.257. The van der Waals surface area contributed by atoms with Crippen LogP contribution >= 0.6 is 0 Å². The van der Waals surface area contributed by atoms with Gasteiger partial charge in [0.1, 0.15) is 12.2 Å². The van der Waals surface area contributed by atoms with Crippen molar-refractivity contribution in [2.75, 3.05) is 13.7 Å². The summed E-state index contributed by atoms with van der Waals surface area (Å²) in [5, 5.41) is 0. The van der Waals surface area contributed by atoms with Crippen LogP contribution in [0, 0.1) is 5.92 Å². The van der Waals surface area contributed by atoms with Gasteiger partial charge in [-0.3, -0.25) is 0 Å². The second-order valence-electron chi connectivity index (χ2n) is 6.80. The lowest BCUT2D eigenvalue weighted by Crippen LogP contribution is -2.31. The smallest absolute Gasteiger partial charge is 0.438 e. The Morgan fingerprint density at radius 1 is 0.958 bits per heavy atom. The summed E-state index contributed by atoms with van der Waals surface area (Å²) in [6, 6.07) is 0. The standard InChI is InChI=1S/C18H32O6/c1-14(2)9-6-4-5-7-12-22-18(20)24-16-11-8-10-15(13-16)23-17(19)21-3/h14-16H,4-13H2,1-3H3. The van der Waals surface area contributed by atoms with Crippen molar-refractivity contribution in [3.05, 3.63) is 0 Å². The van der Waals surface area contributed by atoms with Crippen LogP contribution in [0.5, 0.6) is 0 Å². The molecular weight excluding hydrogens is 312 g/mol. The Labute approximate surface area is 145 Å². The van der Waals surface area contributed by atoms with Crippen molar-refractivity contribution in [3.8, 4) is 0 Å². The maximum Gasteiger partial charge on any atom is 0.508 e. The Balaban J connectivity index is 2.08. The van der Waals surface area contributed by atoms with E-state index in [1.165, 1.54) is 26.4 Å². The van der Waals surface area contributed by atoms with Crippen molar-refractivity contribution in [2.45, 2.75) is 83.8 Å². The minimum atomic E-state index is -0.694. The first kappa shape index (κ1) is 20.6. The molecule has 24 heavy (non-hydrogen) atoms. The highest BCUT2D eigenvalue weighted by atomic mass is 16.7. The number of carbonyl (C=O) groups is 2. The second kappa shape index (κ2) is 12.0. The number of hydrogen-bond donors (Lipinski definition) is 0. The number of rotatable bonds is 9. The average molecular weight is 344 g/mol. The van der Waals surface area contributed by atoms with Crippen molar-refractivity contribution >= 4 is 12.3 Å². The molecule has 0 amide bonds. The van der Waals surface area contributed by atoms with Crippen LogP contribution in [-0.2, 0) is 18.9 Å². The molecule has 1 fully saturated rings. The number of unbranched alkanes of at least 4 members (excludes halogenated alkanes) is 3. The predicted octanol–water partition coefficient (Wildman–Crippen LogP) is 4.84. The molecule has 2 atom stereocenters. The van der Waals surface area contributed by atoms with Gasteiger partial charge in [0.05, 0.1) is 13.7 Å². The van der Waals surface area contributed by atoms with Gasteiger partial charge in [0.25, 0.3) is 0 Å². The van der Waals surface area contributed by atoms with Crippen molar-refractivity contribution in [2.24, 2.45) is 5.92 Å². The predicted molar refractivity (Wildman–Crippen MR) is 89.9 cm³/mol. The molecule has 1 aliphatic carbocycles. The van der Waals surface area contributed by atoms with Gasteiger partial charge in [-0.1, -0.05) is 39.5 Å². The fourth-order valence-corrected chi connectivity index (χ4v) is 2.83. The molecule has 0 aromatic heterocycles. The van der Waals surface area contributed by atoms with E-state index >= 15 is 0 Å². The molecule has 140 valence electrons. The van der Waals surface area contributed by atoms with Crippen LogP contribution in [0.3, 0.4) is 0 Å². The van der Waals surface area contributed by atoms with Crippen LogP contribution in [0.15, 0.2) is 0 Å². The van der Waals surface area contributed by atoms with E-state index < -0.39 is 12.3 Å². The normalized spacial score (nSPS) is 20.5. The molecule has 0 N–H and O–H groups in total. The summed E-state index contributed by atoms with van der Waals surface area (Å²) in [4.78, 5) is 22.8. The molecule has 0 aliphatic heterocycles. The van der Waals surface area contributed by atoms with E-state index in [0.29, 0.717) is 13.0 Å². The van der Waals surface area contributed by atoms with E-state index in [2.05, 4.69) is 18.6 Å².